The molecule has 0 bridgehead atoms. The lowest BCUT2D eigenvalue weighted by Crippen LogP contribution is -2.45. The van der Waals surface area contributed by atoms with E-state index in [-0.39, 0.29) is 5.92 Å². The number of hydrogen-bond acceptors (Lipinski definition) is 2. The first-order chi connectivity index (χ1) is 12.1. The zero-order valence-electron chi connectivity index (χ0n) is 14.7. The van der Waals surface area contributed by atoms with Crippen molar-refractivity contribution in [3.63, 3.8) is 0 Å². The van der Waals surface area contributed by atoms with Gasteiger partial charge < -0.3 is 11.5 Å². The third kappa shape index (κ3) is 3.98. The monoisotopic (exact) mass is 330 g/mol. The lowest BCUT2D eigenvalue weighted by Gasteiger charge is -2.26. The van der Waals surface area contributed by atoms with Crippen LogP contribution in [-0.2, 0) is 5.66 Å². The molecular formula is C23H26N2. The third-order valence-electron chi connectivity index (χ3n) is 4.71. The van der Waals surface area contributed by atoms with Gasteiger partial charge in [-0.3, -0.25) is 0 Å². The van der Waals surface area contributed by atoms with Crippen LogP contribution in [0, 0.1) is 0 Å². The van der Waals surface area contributed by atoms with Crippen molar-refractivity contribution in [3.8, 4) is 0 Å². The molecule has 0 fully saturated rings. The average molecular weight is 330 g/mol. The second kappa shape index (κ2) is 7.64. The van der Waals surface area contributed by atoms with E-state index in [0.29, 0.717) is 0 Å². The van der Waals surface area contributed by atoms with Crippen LogP contribution in [0.25, 0.3) is 0 Å². The summed E-state index contributed by atoms with van der Waals surface area (Å²) in [5.41, 5.74) is 16.6. The van der Waals surface area contributed by atoms with Crippen molar-refractivity contribution in [2.45, 2.75) is 31.3 Å². The fourth-order valence-electron chi connectivity index (χ4n) is 3.41. The minimum absolute atomic E-state index is 0.201. The zero-order valence-corrected chi connectivity index (χ0v) is 14.7. The lowest BCUT2D eigenvalue weighted by molar-refractivity contribution is 0.421. The summed E-state index contributed by atoms with van der Waals surface area (Å²) < 4.78 is 0. The van der Waals surface area contributed by atoms with E-state index in [1.165, 1.54) is 16.7 Å². The van der Waals surface area contributed by atoms with Gasteiger partial charge in [-0.1, -0.05) is 98.3 Å². The van der Waals surface area contributed by atoms with Gasteiger partial charge in [0, 0.05) is 5.92 Å². The van der Waals surface area contributed by atoms with E-state index >= 15 is 0 Å². The van der Waals surface area contributed by atoms with Gasteiger partial charge in [0.25, 0.3) is 0 Å². The molecule has 128 valence electrons. The summed E-state index contributed by atoms with van der Waals surface area (Å²) in [7, 11) is 0. The Balaban J connectivity index is 2.00. The van der Waals surface area contributed by atoms with Gasteiger partial charge in [-0.05, 0) is 28.7 Å². The summed E-state index contributed by atoms with van der Waals surface area (Å²) in [6.45, 7) is 2.10. The van der Waals surface area contributed by atoms with Gasteiger partial charge in [0.2, 0.25) is 0 Å². The van der Waals surface area contributed by atoms with E-state index < -0.39 is 5.66 Å². The molecule has 0 saturated carbocycles. The van der Waals surface area contributed by atoms with Gasteiger partial charge in [-0.15, -0.1) is 0 Å². The van der Waals surface area contributed by atoms with Crippen molar-refractivity contribution in [2.24, 2.45) is 11.5 Å². The van der Waals surface area contributed by atoms with Gasteiger partial charge in [-0.2, -0.15) is 0 Å². The summed E-state index contributed by atoms with van der Waals surface area (Å²) >= 11 is 0. The fraction of sp³-hybridized carbons (Fsp3) is 0.217. The Morgan fingerprint density at radius 1 is 0.680 bits per heavy atom. The van der Waals surface area contributed by atoms with Gasteiger partial charge in [0.1, 0.15) is 0 Å². The highest BCUT2D eigenvalue weighted by Crippen LogP contribution is 2.32. The molecule has 0 radical (unpaired) electrons. The normalized spacial score (nSPS) is 11.7. The average Bonchev–Trinajstić information content (AvgIpc) is 2.64. The Morgan fingerprint density at radius 3 is 1.56 bits per heavy atom. The second-order valence-electron chi connectivity index (χ2n) is 6.67. The van der Waals surface area contributed by atoms with Crippen molar-refractivity contribution >= 4 is 0 Å². The molecule has 4 N–H and O–H groups in total. The number of rotatable bonds is 6. The van der Waals surface area contributed by atoms with Crippen LogP contribution in [0.5, 0.6) is 0 Å². The zero-order chi connectivity index (χ0) is 17.7. The van der Waals surface area contributed by atoms with Crippen LogP contribution in [0.15, 0.2) is 84.9 Å². The summed E-state index contributed by atoms with van der Waals surface area (Å²) in [6, 6.07) is 29.6. The predicted molar refractivity (Wildman–Crippen MR) is 105 cm³/mol. The van der Waals surface area contributed by atoms with Crippen LogP contribution in [0.3, 0.4) is 0 Å². The summed E-state index contributed by atoms with van der Waals surface area (Å²) in [4.78, 5) is 0. The minimum Gasteiger partial charge on any atom is -0.310 e. The van der Waals surface area contributed by atoms with Crippen molar-refractivity contribution in [1.82, 2.24) is 0 Å². The molecule has 0 atom stereocenters. The molecule has 3 rings (SSSR count). The molecule has 0 aromatic heterocycles. The molecule has 0 saturated heterocycles. The van der Waals surface area contributed by atoms with E-state index in [0.717, 1.165) is 18.4 Å². The minimum atomic E-state index is -0.762. The second-order valence-corrected chi connectivity index (χ2v) is 6.67. The molecule has 0 aliphatic heterocycles. The quantitative estimate of drug-likeness (QED) is 0.507. The SMILES string of the molecule is CCCC(N)(N)c1ccc(C(c2ccccc2)c2ccccc2)cc1. The Labute approximate surface area is 150 Å². The van der Waals surface area contributed by atoms with E-state index in [1.54, 1.807) is 0 Å². The lowest BCUT2D eigenvalue weighted by atomic mass is 9.84. The predicted octanol–water partition coefficient (Wildman–Crippen LogP) is 4.74. The Bertz CT molecular complexity index is 738. The van der Waals surface area contributed by atoms with Gasteiger partial charge in [0.15, 0.2) is 0 Å². The fourth-order valence-corrected chi connectivity index (χ4v) is 3.41. The van der Waals surface area contributed by atoms with Crippen molar-refractivity contribution in [1.29, 1.82) is 0 Å². The van der Waals surface area contributed by atoms with E-state index in [1.807, 2.05) is 0 Å². The highest BCUT2D eigenvalue weighted by molar-refractivity contribution is 5.44. The van der Waals surface area contributed by atoms with Gasteiger partial charge >= 0.3 is 0 Å². The van der Waals surface area contributed by atoms with E-state index in [4.69, 9.17) is 11.5 Å². The Kier molecular flexibility index (Phi) is 5.32. The van der Waals surface area contributed by atoms with E-state index in [9.17, 15) is 0 Å². The molecule has 0 amide bonds. The molecule has 0 unspecified atom stereocenters. The molecule has 3 aromatic carbocycles. The van der Waals surface area contributed by atoms with Crippen LogP contribution >= 0.6 is 0 Å². The van der Waals surface area contributed by atoms with Crippen molar-refractivity contribution in [2.75, 3.05) is 0 Å². The highest BCUT2D eigenvalue weighted by Gasteiger charge is 2.22. The summed E-state index contributed by atoms with van der Waals surface area (Å²) in [5, 5.41) is 0. The Morgan fingerprint density at radius 2 is 1.12 bits per heavy atom. The molecule has 0 aliphatic rings. The first kappa shape index (κ1) is 17.4. The number of nitrogens with two attached hydrogens (primary N) is 2. The van der Waals surface area contributed by atoms with Crippen molar-refractivity contribution < 1.29 is 0 Å². The first-order valence-electron chi connectivity index (χ1n) is 8.90. The number of hydrogen-bond donors (Lipinski definition) is 2. The first-order valence-corrected chi connectivity index (χ1v) is 8.90. The smallest absolute Gasteiger partial charge is 0.0899 e. The van der Waals surface area contributed by atoms with Crippen molar-refractivity contribution in [3.05, 3.63) is 107 Å². The highest BCUT2D eigenvalue weighted by atomic mass is 14.9. The molecule has 0 spiro atoms. The van der Waals surface area contributed by atoms with Crippen LogP contribution in [-0.4, -0.2) is 0 Å². The number of benzene rings is 3. The third-order valence-corrected chi connectivity index (χ3v) is 4.71. The largest absolute Gasteiger partial charge is 0.310 e. The van der Waals surface area contributed by atoms with Gasteiger partial charge in [-0.25, -0.2) is 0 Å². The summed E-state index contributed by atoms with van der Waals surface area (Å²) in [5.74, 6) is 0.201. The molecule has 3 aromatic rings. The van der Waals surface area contributed by atoms with E-state index in [2.05, 4.69) is 91.9 Å². The molecule has 25 heavy (non-hydrogen) atoms. The van der Waals surface area contributed by atoms with Crippen LogP contribution in [0.2, 0.25) is 0 Å². The maximum Gasteiger partial charge on any atom is 0.0899 e. The topological polar surface area (TPSA) is 52.0 Å². The molecular weight excluding hydrogens is 304 g/mol. The van der Waals surface area contributed by atoms with Crippen LogP contribution in [0.4, 0.5) is 0 Å². The summed E-state index contributed by atoms with van der Waals surface area (Å²) in [6.07, 6.45) is 1.73. The van der Waals surface area contributed by atoms with Crippen LogP contribution in [0.1, 0.15) is 47.9 Å². The molecule has 0 aliphatic carbocycles. The maximum absolute atomic E-state index is 6.27. The molecule has 0 heterocycles. The van der Waals surface area contributed by atoms with Crippen LogP contribution < -0.4 is 11.5 Å². The molecule has 2 nitrogen and oxygen atoms in total. The maximum atomic E-state index is 6.27. The molecule has 2 heteroatoms. The van der Waals surface area contributed by atoms with Gasteiger partial charge in [0.05, 0.1) is 5.66 Å². The Hall–Kier alpha value is -2.42. The standard InChI is InChI=1S/C23H26N2/c1-2-17-23(24,25)21-15-13-20(14-16-21)22(18-9-5-3-6-10-18)19-11-7-4-8-12-19/h3-16,22H,2,17,24-25H2,1H3.